The average molecular weight is 296 g/mol. The third-order valence-corrected chi connectivity index (χ3v) is 4.35. The fraction of sp³-hybridized carbons (Fsp3) is 0.412. The second-order valence-corrected chi connectivity index (χ2v) is 5.90. The Balaban J connectivity index is 1.56. The molecule has 0 amide bonds. The summed E-state index contributed by atoms with van der Waals surface area (Å²) in [6, 6.07) is 8.77. The number of H-pyrrole nitrogens is 1. The SMILES string of the molecule is Cc1nc(CCc2c[nH]c3ccccc23)n(C2CCOC2)n1. The fourth-order valence-corrected chi connectivity index (χ4v) is 3.24. The van der Waals surface area contributed by atoms with Gasteiger partial charge in [0, 0.05) is 30.1 Å². The maximum absolute atomic E-state index is 5.49. The van der Waals surface area contributed by atoms with E-state index in [1.807, 2.05) is 6.92 Å². The van der Waals surface area contributed by atoms with Crippen LogP contribution in [0.15, 0.2) is 30.5 Å². The van der Waals surface area contributed by atoms with Crippen molar-refractivity contribution in [2.75, 3.05) is 13.2 Å². The molecule has 1 aliphatic rings. The van der Waals surface area contributed by atoms with Crippen LogP contribution in [0, 0.1) is 6.92 Å². The first-order valence-electron chi connectivity index (χ1n) is 7.86. The van der Waals surface area contributed by atoms with Gasteiger partial charge in [0.05, 0.1) is 12.6 Å². The van der Waals surface area contributed by atoms with Crippen molar-refractivity contribution in [1.29, 1.82) is 0 Å². The van der Waals surface area contributed by atoms with E-state index in [1.165, 1.54) is 16.5 Å². The molecule has 0 bridgehead atoms. The standard InChI is InChI=1S/C17H20N4O/c1-12-19-17(21(20-12)14-8-9-22-11-14)7-6-13-10-18-16-5-3-2-4-15(13)16/h2-5,10,14,18H,6-9,11H2,1H3. The van der Waals surface area contributed by atoms with Gasteiger partial charge in [-0.3, -0.25) is 0 Å². The first kappa shape index (κ1) is 13.5. The van der Waals surface area contributed by atoms with Crippen LogP contribution in [0.1, 0.15) is 29.7 Å². The smallest absolute Gasteiger partial charge is 0.147 e. The second-order valence-electron chi connectivity index (χ2n) is 5.90. The molecule has 3 heterocycles. The van der Waals surface area contributed by atoms with Crippen LogP contribution in [0.3, 0.4) is 0 Å². The number of benzene rings is 1. The number of nitrogens with one attached hydrogen (secondary N) is 1. The van der Waals surface area contributed by atoms with Gasteiger partial charge in [-0.05, 0) is 31.4 Å². The van der Waals surface area contributed by atoms with Crippen molar-refractivity contribution in [3.8, 4) is 0 Å². The van der Waals surface area contributed by atoms with Crippen LogP contribution in [-0.2, 0) is 17.6 Å². The Labute approximate surface area is 129 Å². The van der Waals surface area contributed by atoms with Crippen LogP contribution in [0.2, 0.25) is 0 Å². The molecule has 0 aliphatic carbocycles. The molecule has 22 heavy (non-hydrogen) atoms. The van der Waals surface area contributed by atoms with Crippen LogP contribution >= 0.6 is 0 Å². The fourth-order valence-electron chi connectivity index (χ4n) is 3.24. The van der Waals surface area contributed by atoms with E-state index in [9.17, 15) is 0 Å². The summed E-state index contributed by atoms with van der Waals surface area (Å²) in [5, 5.41) is 5.87. The molecule has 0 saturated carbocycles. The first-order chi connectivity index (χ1) is 10.8. The summed E-state index contributed by atoms with van der Waals surface area (Å²) >= 11 is 0. The number of ether oxygens (including phenoxy) is 1. The molecule has 1 atom stereocenters. The number of hydrogen-bond donors (Lipinski definition) is 1. The quantitative estimate of drug-likeness (QED) is 0.805. The molecular formula is C17H20N4O. The lowest BCUT2D eigenvalue weighted by molar-refractivity contribution is 0.183. The molecule has 1 fully saturated rings. The summed E-state index contributed by atoms with van der Waals surface area (Å²) in [4.78, 5) is 7.96. The number of fused-ring (bicyclic) bond motifs is 1. The molecule has 1 N–H and O–H groups in total. The van der Waals surface area contributed by atoms with E-state index in [4.69, 9.17) is 4.74 Å². The molecule has 5 nitrogen and oxygen atoms in total. The summed E-state index contributed by atoms with van der Waals surface area (Å²) in [5.74, 6) is 1.92. The van der Waals surface area contributed by atoms with E-state index in [-0.39, 0.29) is 0 Å². The Kier molecular flexibility index (Phi) is 3.42. The predicted molar refractivity (Wildman–Crippen MR) is 84.9 cm³/mol. The van der Waals surface area contributed by atoms with Crippen LogP contribution in [0.25, 0.3) is 10.9 Å². The Morgan fingerprint density at radius 1 is 1.32 bits per heavy atom. The highest BCUT2D eigenvalue weighted by molar-refractivity contribution is 5.83. The van der Waals surface area contributed by atoms with Crippen molar-refractivity contribution in [3.05, 3.63) is 47.7 Å². The summed E-state index contributed by atoms with van der Waals surface area (Å²) < 4.78 is 7.57. The molecule has 4 rings (SSSR count). The highest BCUT2D eigenvalue weighted by Gasteiger charge is 2.22. The molecule has 1 unspecified atom stereocenters. The highest BCUT2D eigenvalue weighted by Crippen LogP contribution is 2.22. The van der Waals surface area contributed by atoms with E-state index >= 15 is 0 Å². The summed E-state index contributed by atoms with van der Waals surface area (Å²) in [6.07, 6.45) is 5.01. The van der Waals surface area contributed by atoms with Gasteiger partial charge in [0.25, 0.3) is 0 Å². The summed E-state index contributed by atoms with van der Waals surface area (Å²) in [6.45, 7) is 3.54. The lowest BCUT2D eigenvalue weighted by atomic mass is 10.1. The minimum atomic E-state index is 0.346. The highest BCUT2D eigenvalue weighted by atomic mass is 16.5. The topological polar surface area (TPSA) is 55.7 Å². The predicted octanol–water partition coefficient (Wildman–Crippen LogP) is 2.81. The van der Waals surface area contributed by atoms with Gasteiger partial charge in [-0.1, -0.05) is 18.2 Å². The lowest BCUT2D eigenvalue weighted by Gasteiger charge is -2.11. The minimum Gasteiger partial charge on any atom is -0.379 e. The van der Waals surface area contributed by atoms with Crippen molar-refractivity contribution in [2.24, 2.45) is 0 Å². The molecule has 2 aromatic heterocycles. The number of aromatic nitrogens is 4. The first-order valence-corrected chi connectivity index (χ1v) is 7.86. The van der Waals surface area contributed by atoms with Crippen molar-refractivity contribution in [3.63, 3.8) is 0 Å². The largest absolute Gasteiger partial charge is 0.379 e. The van der Waals surface area contributed by atoms with E-state index in [1.54, 1.807) is 0 Å². The second kappa shape index (κ2) is 5.57. The molecule has 1 aromatic carbocycles. The number of rotatable bonds is 4. The van der Waals surface area contributed by atoms with Crippen molar-refractivity contribution in [1.82, 2.24) is 19.7 Å². The van der Waals surface area contributed by atoms with Crippen LogP contribution in [0.5, 0.6) is 0 Å². The summed E-state index contributed by atoms with van der Waals surface area (Å²) in [7, 11) is 0. The molecule has 1 aliphatic heterocycles. The zero-order valence-corrected chi connectivity index (χ0v) is 12.7. The zero-order chi connectivity index (χ0) is 14.9. The van der Waals surface area contributed by atoms with Gasteiger partial charge in [0.15, 0.2) is 0 Å². The van der Waals surface area contributed by atoms with Crippen LogP contribution in [-0.4, -0.2) is 33.0 Å². The van der Waals surface area contributed by atoms with E-state index < -0.39 is 0 Å². The number of aryl methyl sites for hydroxylation is 3. The Morgan fingerprint density at radius 2 is 2.23 bits per heavy atom. The number of nitrogens with zero attached hydrogens (tertiary/aromatic N) is 3. The van der Waals surface area contributed by atoms with Gasteiger partial charge in [-0.25, -0.2) is 9.67 Å². The molecule has 114 valence electrons. The molecule has 3 aromatic rings. The minimum absolute atomic E-state index is 0.346. The summed E-state index contributed by atoms with van der Waals surface area (Å²) in [5.41, 5.74) is 2.53. The average Bonchev–Trinajstić information content (AvgIpc) is 3.24. The normalized spacial score (nSPS) is 18.3. The van der Waals surface area contributed by atoms with Crippen molar-refractivity contribution >= 4 is 10.9 Å². The third kappa shape index (κ3) is 2.41. The van der Waals surface area contributed by atoms with Gasteiger partial charge in [0.2, 0.25) is 0 Å². The van der Waals surface area contributed by atoms with Gasteiger partial charge < -0.3 is 9.72 Å². The van der Waals surface area contributed by atoms with Crippen molar-refractivity contribution in [2.45, 2.75) is 32.2 Å². The third-order valence-electron chi connectivity index (χ3n) is 4.35. The van der Waals surface area contributed by atoms with Crippen LogP contribution in [0.4, 0.5) is 0 Å². The monoisotopic (exact) mass is 296 g/mol. The number of aromatic amines is 1. The Hall–Kier alpha value is -2.14. The number of para-hydroxylation sites is 1. The molecular weight excluding hydrogens is 276 g/mol. The number of hydrogen-bond acceptors (Lipinski definition) is 3. The lowest BCUT2D eigenvalue weighted by Crippen LogP contribution is -2.14. The van der Waals surface area contributed by atoms with E-state index in [0.29, 0.717) is 6.04 Å². The Bertz CT molecular complexity index is 783. The van der Waals surface area contributed by atoms with Crippen molar-refractivity contribution < 1.29 is 4.74 Å². The Morgan fingerprint density at radius 3 is 3.09 bits per heavy atom. The molecule has 1 saturated heterocycles. The van der Waals surface area contributed by atoms with Gasteiger partial charge in [0.1, 0.15) is 11.6 Å². The van der Waals surface area contributed by atoms with Gasteiger partial charge in [-0.15, -0.1) is 0 Å². The van der Waals surface area contributed by atoms with E-state index in [0.717, 1.165) is 44.1 Å². The zero-order valence-electron chi connectivity index (χ0n) is 12.7. The molecule has 5 heteroatoms. The molecule has 0 radical (unpaired) electrons. The maximum Gasteiger partial charge on any atom is 0.147 e. The molecule has 0 spiro atoms. The van der Waals surface area contributed by atoms with Crippen LogP contribution < -0.4 is 0 Å². The van der Waals surface area contributed by atoms with Gasteiger partial charge in [-0.2, -0.15) is 5.10 Å². The maximum atomic E-state index is 5.49. The van der Waals surface area contributed by atoms with Gasteiger partial charge >= 0.3 is 0 Å². The van der Waals surface area contributed by atoms with E-state index in [2.05, 4.69) is 50.2 Å².